The van der Waals surface area contributed by atoms with Crippen molar-refractivity contribution in [2.24, 2.45) is 59.2 Å². The number of carbonyl (C=O) groups excluding carboxylic acids is 2. The van der Waals surface area contributed by atoms with E-state index in [0.29, 0.717) is 130 Å². The summed E-state index contributed by atoms with van der Waals surface area (Å²) in [6.07, 6.45) is 56.4. The van der Waals surface area contributed by atoms with Crippen molar-refractivity contribution in [3.05, 3.63) is 162 Å². The van der Waals surface area contributed by atoms with Crippen LogP contribution in [0, 0.1) is 59.2 Å². The smallest absolute Gasteiger partial charge is 0.313 e. The zero-order chi connectivity index (χ0) is 93.0. The van der Waals surface area contributed by atoms with E-state index in [4.69, 9.17) is 93.2 Å². The molecule has 20 heteroatoms. The van der Waals surface area contributed by atoms with Gasteiger partial charge in [0.15, 0.2) is 13.6 Å². The molecule has 0 bridgehead atoms. The predicted octanol–water partition coefficient (Wildman–Crippen LogP) is 26.5. The van der Waals surface area contributed by atoms with Crippen molar-refractivity contribution in [1.82, 2.24) is 0 Å². The molecule has 7 aliphatic rings. The molecule has 0 amide bonds. The third-order valence-electron chi connectivity index (χ3n) is 30.1. The third-order valence-corrected chi connectivity index (χ3v) is 30.1. The molecular formula is C112H166N8O12. The SMILES string of the molecule is CCCC1CCC(C2CCC(c3ccc(OC(=O)CCOCOc4ccc(N)cc4N)cc3)CC2)CC1.CCCC1CCC(c2ccc(OC(=O)CCOCOc3ccc(N)cc3N)cc2)CC1.CCCCCC1CCC(C2CCC(C3CCC(OCCOc4ccc(N)cc4N)CC3)CC2)CC1.CCCCCC1CCC(c2ccc(OCCOc3ccc(N)cc3N)cc2)CC1. The normalized spacial score (nSPS) is 23.7. The van der Waals surface area contributed by atoms with E-state index in [2.05, 4.69) is 76.2 Å². The molecule has 0 saturated heterocycles. The maximum atomic E-state index is 12.2. The Bertz CT molecular complexity index is 4380. The highest BCUT2D eigenvalue weighted by atomic mass is 16.7. The molecule has 7 saturated carbocycles. The molecule has 7 aromatic rings. The van der Waals surface area contributed by atoms with Crippen LogP contribution in [0.4, 0.5) is 45.5 Å². The van der Waals surface area contributed by atoms with Gasteiger partial charge in [0, 0.05) is 22.7 Å². The Morgan fingerprint density at radius 3 is 0.886 bits per heavy atom. The van der Waals surface area contributed by atoms with Crippen LogP contribution >= 0.6 is 0 Å². The molecule has 132 heavy (non-hydrogen) atoms. The monoisotopic (exact) mass is 1820 g/mol. The molecule has 726 valence electrons. The first-order valence-corrected chi connectivity index (χ1v) is 51.6. The second-order valence-electron chi connectivity index (χ2n) is 39.5. The molecule has 16 N–H and O–H groups in total. The van der Waals surface area contributed by atoms with Gasteiger partial charge in [0.25, 0.3) is 0 Å². The van der Waals surface area contributed by atoms with Crippen LogP contribution in [0.1, 0.15) is 332 Å². The van der Waals surface area contributed by atoms with Gasteiger partial charge in [-0.05, 0) is 357 Å². The summed E-state index contributed by atoms with van der Waals surface area (Å²) in [4.78, 5) is 24.2. The maximum absolute atomic E-state index is 12.2. The minimum Gasteiger partial charge on any atom is -0.490 e. The molecule has 20 nitrogen and oxygen atoms in total. The highest BCUT2D eigenvalue weighted by Crippen LogP contribution is 2.49. The zero-order valence-corrected chi connectivity index (χ0v) is 80.8. The molecule has 0 aromatic heterocycles. The summed E-state index contributed by atoms with van der Waals surface area (Å²) in [6.45, 7) is 11.7. The van der Waals surface area contributed by atoms with Crippen LogP contribution in [0.5, 0.6) is 40.2 Å². The summed E-state index contributed by atoms with van der Waals surface area (Å²) < 4.78 is 55.9. The van der Waals surface area contributed by atoms with E-state index in [1.54, 1.807) is 60.7 Å². The molecule has 0 unspecified atom stereocenters. The third kappa shape index (κ3) is 35.5. The van der Waals surface area contributed by atoms with Gasteiger partial charge in [-0.3, -0.25) is 9.59 Å². The molecule has 0 heterocycles. The van der Waals surface area contributed by atoms with Crippen molar-refractivity contribution in [3.63, 3.8) is 0 Å². The number of nitrogens with two attached hydrogens (primary N) is 8. The largest absolute Gasteiger partial charge is 0.490 e. The second kappa shape index (κ2) is 56.8. The zero-order valence-electron chi connectivity index (χ0n) is 80.8. The van der Waals surface area contributed by atoms with Crippen molar-refractivity contribution >= 4 is 57.4 Å². The van der Waals surface area contributed by atoms with E-state index in [0.717, 1.165) is 64.9 Å². The molecule has 14 rings (SSSR count). The minimum atomic E-state index is -0.333. The Morgan fingerprint density at radius 2 is 0.553 bits per heavy atom. The number of rotatable bonds is 42. The number of anilines is 8. The number of nitrogen functional groups attached to an aromatic ring is 8. The number of ether oxygens (including phenoxy) is 10. The Labute approximate surface area is 791 Å². The highest BCUT2D eigenvalue weighted by Gasteiger charge is 2.36. The maximum Gasteiger partial charge on any atom is 0.313 e. The Kier molecular flexibility index (Phi) is 44.5. The van der Waals surface area contributed by atoms with Gasteiger partial charge in [-0.2, -0.15) is 0 Å². The Morgan fingerprint density at radius 1 is 0.273 bits per heavy atom. The predicted molar refractivity (Wildman–Crippen MR) is 541 cm³/mol. The fraction of sp³-hybridized carbons (Fsp3) is 0.607. The molecular weight excluding hydrogens is 1650 g/mol. The lowest BCUT2D eigenvalue weighted by Gasteiger charge is -2.41. The minimum absolute atomic E-state index is 0.00152. The quantitative estimate of drug-likeness (QED) is 0.00579. The molecule has 7 aromatic carbocycles. The first-order chi connectivity index (χ1) is 64.3. The first-order valence-electron chi connectivity index (χ1n) is 51.6. The lowest BCUT2D eigenvalue weighted by atomic mass is 9.65. The van der Waals surface area contributed by atoms with Crippen LogP contribution < -0.4 is 79.0 Å². The van der Waals surface area contributed by atoms with Crippen molar-refractivity contribution in [2.75, 3.05) is 99.1 Å². The molecule has 7 fully saturated rings. The fourth-order valence-electron chi connectivity index (χ4n) is 22.3. The summed E-state index contributed by atoms with van der Waals surface area (Å²) in [5, 5.41) is 0. The van der Waals surface area contributed by atoms with Gasteiger partial charge in [-0.1, -0.05) is 167 Å². The van der Waals surface area contributed by atoms with Crippen molar-refractivity contribution in [1.29, 1.82) is 0 Å². The van der Waals surface area contributed by atoms with Crippen molar-refractivity contribution in [3.8, 4) is 40.2 Å². The highest BCUT2D eigenvalue weighted by molar-refractivity contribution is 5.73. The fourth-order valence-corrected chi connectivity index (χ4v) is 22.3. The lowest BCUT2D eigenvalue weighted by molar-refractivity contribution is -0.137. The van der Waals surface area contributed by atoms with E-state index >= 15 is 0 Å². The summed E-state index contributed by atoms with van der Waals surface area (Å²) in [6, 6.07) is 45.4. The van der Waals surface area contributed by atoms with Crippen molar-refractivity contribution < 1.29 is 57.0 Å². The van der Waals surface area contributed by atoms with E-state index in [1.807, 2.05) is 36.4 Å². The van der Waals surface area contributed by atoms with E-state index < -0.39 is 0 Å². The summed E-state index contributed by atoms with van der Waals surface area (Å²) in [5.74, 6) is 15.5. The lowest BCUT2D eigenvalue weighted by Crippen LogP contribution is -2.31. The topological polar surface area (TPSA) is 335 Å². The summed E-state index contributed by atoms with van der Waals surface area (Å²) in [5.41, 5.74) is 54.9. The number of unbranched alkanes of at least 4 members (excludes halogenated alkanes) is 4. The molecule has 0 spiro atoms. The summed E-state index contributed by atoms with van der Waals surface area (Å²) in [7, 11) is 0. The van der Waals surface area contributed by atoms with Gasteiger partial charge in [-0.25, -0.2) is 0 Å². The van der Waals surface area contributed by atoms with Gasteiger partial charge < -0.3 is 93.2 Å². The second-order valence-corrected chi connectivity index (χ2v) is 39.5. The molecule has 0 atom stereocenters. The molecule has 0 aliphatic heterocycles. The number of carbonyl (C=O) groups is 2. The standard InChI is InChI=1S/C31H44N2O4.C31H52N2O2.C25H34N2O4.C25H36N2O2/c1-2-3-22-4-6-23(7-5-22)24-8-10-25(11-9-24)26-12-15-28(16-13-26)37-31(34)18-19-35-21-36-30-17-14-27(32)20-29(30)33;1-2-3-4-5-23-6-8-24(9-7-23)25-10-12-26(13-11-25)27-14-17-29(18-15-27)34-20-21-35-31-19-16-28(32)22-30(31)33;1-2-3-18-4-6-19(7-5-18)20-8-11-22(12-9-20)31-25(28)14-15-29-17-30-24-13-10-21(26)16-23(24)27;1-2-3-4-5-19-6-8-20(9-7-19)21-10-13-23(14-11-21)28-16-17-29-25-15-12-22(26)18-24(25)27/h12-17,20,22-25H,2-11,18-19,21,32-33H2,1H3;16,19,22-27,29H,2-15,17-18,20-21,32-33H2,1H3;8-13,16,18-19H,2-7,14-15,17,26-27H2,1H3;10-15,18-20H,2-9,16-17,26-27H2,1H3. The number of hydrogen-bond donors (Lipinski definition) is 8. The van der Waals surface area contributed by atoms with Crippen LogP contribution in [-0.2, 0) is 23.8 Å². The Balaban J connectivity index is 0.000000170. The first kappa shape index (κ1) is 103. The average molecular weight is 1820 g/mol. The van der Waals surface area contributed by atoms with E-state index in [1.165, 1.54) is 274 Å². The van der Waals surface area contributed by atoms with E-state index in [-0.39, 0.29) is 51.6 Å². The number of esters is 2. The van der Waals surface area contributed by atoms with Crippen LogP contribution in [0.15, 0.2) is 146 Å². The van der Waals surface area contributed by atoms with Crippen LogP contribution in [0.3, 0.4) is 0 Å². The van der Waals surface area contributed by atoms with Gasteiger partial charge >= 0.3 is 11.9 Å². The molecule has 0 radical (unpaired) electrons. The molecule has 7 aliphatic carbocycles. The van der Waals surface area contributed by atoms with Gasteiger partial charge in [-0.15, -0.1) is 0 Å². The number of hydrogen-bond acceptors (Lipinski definition) is 20. The Hall–Kier alpha value is -9.24. The van der Waals surface area contributed by atoms with Crippen LogP contribution in [0.2, 0.25) is 0 Å². The summed E-state index contributed by atoms with van der Waals surface area (Å²) >= 11 is 0. The number of benzene rings is 7. The van der Waals surface area contributed by atoms with Crippen molar-refractivity contribution in [2.45, 2.75) is 321 Å². The average Bonchev–Trinajstić information content (AvgIpc) is 0.835. The van der Waals surface area contributed by atoms with Crippen LogP contribution in [-0.4, -0.2) is 71.3 Å². The van der Waals surface area contributed by atoms with Gasteiger partial charge in [0.2, 0.25) is 0 Å². The van der Waals surface area contributed by atoms with Gasteiger partial charge in [0.05, 0.1) is 61.5 Å². The van der Waals surface area contributed by atoms with Crippen LogP contribution in [0.25, 0.3) is 0 Å². The van der Waals surface area contributed by atoms with E-state index in [9.17, 15) is 9.59 Å². The van der Waals surface area contributed by atoms with Gasteiger partial charge in [0.1, 0.15) is 60.1 Å².